The van der Waals surface area contributed by atoms with Gasteiger partial charge < -0.3 is 14.9 Å². The number of carbonyl (C=O) groups excluding carboxylic acids is 1. The van der Waals surface area contributed by atoms with Gasteiger partial charge in [0.1, 0.15) is 6.04 Å². The molecule has 1 unspecified atom stereocenters. The van der Waals surface area contributed by atoms with Gasteiger partial charge in [-0.3, -0.25) is 0 Å². The lowest BCUT2D eigenvalue weighted by atomic mass is 10.0. The number of carboxylic acid groups (broad SMARTS) is 1. The number of hydrogen-bond donors (Lipinski definition) is 1. The topological polar surface area (TPSA) is 84.6 Å². The minimum atomic E-state index is -0.945. The van der Waals surface area contributed by atoms with Gasteiger partial charge in [-0.25, -0.2) is 9.59 Å². The third-order valence-corrected chi connectivity index (χ3v) is 3.18. The van der Waals surface area contributed by atoms with Crippen LogP contribution in [-0.2, 0) is 4.79 Å². The largest absolute Gasteiger partial charge is 0.480 e. The van der Waals surface area contributed by atoms with Crippen molar-refractivity contribution < 1.29 is 14.7 Å². The van der Waals surface area contributed by atoms with Crippen molar-refractivity contribution >= 4 is 12.0 Å². The van der Waals surface area contributed by atoms with E-state index in [2.05, 4.69) is 0 Å². The highest BCUT2D eigenvalue weighted by atomic mass is 16.4. The standard InChI is InChI=1S/C12H19N3O3/c1-2-14(8-5-7-13)12(18)15-9-4-3-6-10(15)11(16)17/h10H,2-6,8-9H2,1H3,(H,16,17). The third-order valence-electron chi connectivity index (χ3n) is 3.18. The molecule has 0 radical (unpaired) electrons. The average Bonchev–Trinajstić information content (AvgIpc) is 2.39. The fourth-order valence-corrected chi connectivity index (χ4v) is 2.17. The van der Waals surface area contributed by atoms with Crippen molar-refractivity contribution in [1.29, 1.82) is 5.26 Å². The molecule has 0 spiro atoms. The van der Waals surface area contributed by atoms with Gasteiger partial charge in [0, 0.05) is 19.6 Å². The smallest absolute Gasteiger partial charge is 0.326 e. The lowest BCUT2D eigenvalue weighted by Crippen LogP contribution is -2.53. The summed E-state index contributed by atoms with van der Waals surface area (Å²) in [5.74, 6) is -0.945. The number of carbonyl (C=O) groups is 2. The van der Waals surface area contributed by atoms with Gasteiger partial charge in [0.05, 0.1) is 12.5 Å². The Balaban J connectivity index is 2.72. The summed E-state index contributed by atoms with van der Waals surface area (Å²) in [6.07, 6.45) is 2.46. The lowest BCUT2D eigenvalue weighted by molar-refractivity contribution is -0.143. The first kappa shape index (κ1) is 14.3. The number of likely N-dealkylation sites (tertiary alicyclic amines) is 1. The molecule has 2 amide bonds. The quantitative estimate of drug-likeness (QED) is 0.817. The second kappa shape index (κ2) is 6.84. The second-order valence-electron chi connectivity index (χ2n) is 4.31. The van der Waals surface area contributed by atoms with Gasteiger partial charge in [-0.1, -0.05) is 0 Å². The molecule has 1 N–H and O–H groups in total. The van der Waals surface area contributed by atoms with Gasteiger partial charge in [0.2, 0.25) is 0 Å². The molecule has 1 rings (SSSR count). The Kier molecular flexibility index (Phi) is 5.43. The van der Waals surface area contributed by atoms with E-state index in [9.17, 15) is 9.59 Å². The molecule has 1 fully saturated rings. The zero-order valence-corrected chi connectivity index (χ0v) is 10.6. The SMILES string of the molecule is CCN(CCC#N)C(=O)N1CCCCC1C(=O)O. The van der Waals surface area contributed by atoms with Gasteiger partial charge in [0.15, 0.2) is 0 Å². The number of carboxylic acids is 1. The molecule has 0 aliphatic carbocycles. The van der Waals surface area contributed by atoms with Crippen LogP contribution in [0.15, 0.2) is 0 Å². The molecule has 0 bridgehead atoms. The molecule has 1 saturated heterocycles. The first-order valence-corrected chi connectivity index (χ1v) is 6.27. The molecule has 100 valence electrons. The van der Waals surface area contributed by atoms with Crippen LogP contribution in [0.5, 0.6) is 0 Å². The van der Waals surface area contributed by atoms with Gasteiger partial charge in [-0.15, -0.1) is 0 Å². The zero-order chi connectivity index (χ0) is 13.5. The van der Waals surface area contributed by atoms with Gasteiger partial charge >= 0.3 is 12.0 Å². The second-order valence-corrected chi connectivity index (χ2v) is 4.31. The number of nitriles is 1. The van der Waals surface area contributed by atoms with Crippen LogP contribution >= 0.6 is 0 Å². The number of piperidine rings is 1. The van der Waals surface area contributed by atoms with Crippen LogP contribution < -0.4 is 0 Å². The van der Waals surface area contributed by atoms with Crippen molar-refractivity contribution in [3.8, 4) is 6.07 Å². The number of nitrogens with zero attached hydrogens (tertiary/aromatic N) is 3. The Morgan fingerprint density at radius 1 is 1.50 bits per heavy atom. The fourth-order valence-electron chi connectivity index (χ4n) is 2.17. The van der Waals surface area contributed by atoms with E-state index in [1.807, 2.05) is 13.0 Å². The van der Waals surface area contributed by atoms with Crippen LogP contribution in [0.1, 0.15) is 32.6 Å². The highest BCUT2D eigenvalue weighted by Gasteiger charge is 2.33. The Labute approximate surface area is 107 Å². The van der Waals surface area contributed by atoms with E-state index < -0.39 is 12.0 Å². The monoisotopic (exact) mass is 253 g/mol. The molecule has 0 saturated carbocycles. The molecule has 18 heavy (non-hydrogen) atoms. The minimum Gasteiger partial charge on any atom is -0.480 e. The summed E-state index contributed by atoms with van der Waals surface area (Å²) in [4.78, 5) is 26.3. The summed E-state index contributed by atoms with van der Waals surface area (Å²) in [6.45, 7) is 3.16. The van der Waals surface area contributed by atoms with Crippen molar-refractivity contribution in [2.75, 3.05) is 19.6 Å². The Morgan fingerprint density at radius 3 is 2.78 bits per heavy atom. The summed E-state index contributed by atoms with van der Waals surface area (Å²) in [5, 5.41) is 17.7. The highest BCUT2D eigenvalue weighted by Crippen LogP contribution is 2.19. The molecule has 0 aromatic carbocycles. The number of amides is 2. The Morgan fingerprint density at radius 2 is 2.22 bits per heavy atom. The number of urea groups is 1. The van der Waals surface area contributed by atoms with Crippen LogP contribution in [0.4, 0.5) is 4.79 Å². The third kappa shape index (κ3) is 3.36. The maximum absolute atomic E-state index is 12.2. The molecule has 1 aliphatic rings. The van der Waals surface area contributed by atoms with E-state index in [-0.39, 0.29) is 12.5 Å². The molecule has 1 atom stereocenters. The van der Waals surface area contributed by atoms with Gasteiger partial charge in [-0.05, 0) is 26.2 Å². The number of hydrogen-bond acceptors (Lipinski definition) is 3. The minimum absolute atomic E-state index is 0.264. The summed E-state index contributed by atoms with van der Waals surface area (Å²) < 4.78 is 0. The lowest BCUT2D eigenvalue weighted by Gasteiger charge is -2.36. The van der Waals surface area contributed by atoms with Gasteiger partial charge in [-0.2, -0.15) is 5.26 Å². The van der Waals surface area contributed by atoms with E-state index >= 15 is 0 Å². The first-order valence-electron chi connectivity index (χ1n) is 6.27. The highest BCUT2D eigenvalue weighted by molar-refractivity contribution is 5.83. The van der Waals surface area contributed by atoms with Crippen molar-refractivity contribution in [2.24, 2.45) is 0 Å². The van der Waals surface area contributed by atoms with Crippen LogP contribution in [0.25, 0.3) is 0 Å². The summed E-state index contributed by atoms with van der Waals surface area (Å²) in [6, 6.07) is 1.01. The summed E-state index contributed by atoms with van der Waals surface area (Å²) in [7, 11) is 0. The Hall–Kier alpha value is -1.77. The molecule has 6 heteroatoms. The average molecular weight is 253 g/mol. The van der Waals surface area contributed by atoms with Crippen LogP contribution in [-0.4, -0.2) is 52.6 Å². The van der Waals surface area contributed by atoms with Crippen molar-refractivity contribution in [1.82, 2.24) is 9.80 Å². The van der Waals surface area contributed by atoms with Crippen molar-refractivity contribution in [3.05, 3.63) is 0 Å². The van der Waals surface area contributed by atoms with Crippen LogP contribution in [0.3, 0.4) is 0 Å². The van der Waals surface area contributed by atoms with Crippen molar-refractivity contribution in [3.63, 3.8) is 0 Å². The molecule has 0 aromatic heterocycles. The van der Waals surface area contributed by atoms with Crippen LogP contribution in [0, 0.1) is 11.3 Å². The number of aliphatic carboxylic acids is 1. The molecule has 0 aromatic rings. The van der Waals surface area contributed by atoms with Crippen molar-refractivity contribution in [2.45, 2.75) is 38.6 Å². The summed E-state index contributed by atoms with van der Waals surface area (Å²) in [5.41, 5.74) is 0. The van der Waals surface area contributed by atoms with E-state index in [1.54, 1.807) is 0 Å². The molecular formula is C12H19N3O3. The predicted molar refractivity (Wildman–Crippen MR) is 64.9 cm³/mol. The van der Waals surface area contributed by atoms with E-state index in [0.717, 1.165) is 12.8 Å². The van der Waals surface area contributed by atoms with Gasteiger partial charge in [0.25, 0.3) is 0 Å². The maximum atomic E-state index is 12.2. The normalized spacial score (nSPS) is 19.1. The van der Waals surface area contributed by atoms with Crippen LogP contribution in [0.2, 0.25) is 0 Å². The first-order chi connectivity index (χ1) is 8.61. The number of rotatable bonds is 4. The fraction of sp³-hybridized carbons (Fsp3) is 0.750. The molecular weight excluding hydrogens is 234 g/mol. The molecule has 6 nitrogen and oxygen atoms in total. The predicted octanol–water partition coefficient (Wildman–Crippen LogP) is 1.28. The Bertz CT molecular complexity index is 351. The maximum Gasteiger partial charge on any atom is 0.326 e. The van der Waals surface area contributed by atoms with E-state index in [1.165, 1.54) is 9.80 Å². The molecule has 1 heterocycles. The summed E-state index contributed by atoms with van der Waals surface area (Å²) >= 11 is 0. The van der Waals surface area contributed by atoms with E-state index in [0.29, 0.717) is 26.1 Å². The molecule has 1 aliphatic heterocycles. The van der Waals surface area contributed by atoms with E-state index in [4.69, 9.17) is 10.4 Å². The zero-order valence-electron chi connectivity index (χ0n) is 10.6.